The molecule has 3 heteroatoms. The minimum Gasteiger partial charge on any atom is -0.206 e. The molecule has 1 fully saturated rings. The second kappa shape index (κ2) is 11.2. The van der Waals surface area contributed by atoms with Crippen molar-refractivity contribution < 1.29 is 13.2 Å². The molecule has 0 saturated heterocycles. The molecule has 0 heterocycles. The van der Waals surface area contributed by atoms with Crippen molar-refractivity contribution in [3.8, 4) is 11.1 Å². The summed E-state index contributed by atoms with van der Waals surface area (Å²) in [5.41, 5.74) is 2.23. The summed E-state index contributed by atoms with van der Waals surface area (Å²) in [7, 11) is 0. The molecule has 0 aromatic heterocycles. The van der Waals surface area contributed by atoms with Gasteiger partial charge >= 0.3 is 0 Å². The molecule has 170 valence electrons. The lowest BCUT2D eigenvalue weighted by molar-refractivity contribution is -0.0154. The lowest BCUT2D eigenvalue weighted by Gasteiger charge is -2.29. The quantitative estimate of drug-likeness (QED) is 0.329. The van der Waals surface area contributed by atoms with E-state index >= 15 is 0 Å². The van der Waals surface area contributed by atoms with Crippen LogP contribution in [0.25, 0.3) is 11.1 Å². The summed E-state index contributed by atoms with van der Waals surface area (Å²) in [6, 6.07) is 11.6. The highest BCUT2D eigenvalue weighted by molar-refractivity contribution is 5.65. The lowest BCUT2D eigenvalue weighted by Crippen LogP contribution is -2.13. The predicted octanol–water partition coefficient (Wildman–Crippen LogP) is 9.63. The maximum absolute atomic E-state index is 14.9. The monoisotopic (exact) mass is 430 g/mol. The second-order valence-electron chi connectivity index (χ2n) is 9.34. The molecular weight excluding hydrogens is 393 g/mol. The largest absolute Gasteiger partial charge is 0.273 e. The smallest absolute Gasteiger partial charge is 0.206 e. The highest BCUT2D eigenvalue weighted by atomic mass is 19.3. The third-order valence-electron chi connectivity index (χ3n) is 6.99. The van der Waals surface area contributed by atoms with Gasteiger partial charge in [-0.1, -0.05) is 82.3 Å². The first-order valence-electron chi connectivity index (χ1n) is 12.2. The van der Waals surface area contributed by atoms with Crippen LogP contribution in [0.3, 0.4) is 0 Å². The van der Waals surface area contributed by atoms with Gasteiger partial charge in [0.1, 0.15) is 5.82 Å². The Balaban J connectivity index is 1.63. The van der Waals surface area contributed by atoms with Crippen molar-refractivity contribution in [2.45, 2.75) is 96.3 Å². The number of rotatable bonds is 10. The zero-order valence-electron chi connectivity index (χ0n) is 19.1. The average molecular weight is 431 g/mol. The number of alkyl halides is 2. The summed E-state index contributed by atoms with van der Waals surface area (Å²) in [4.78, 5) is 0. The molecule has 0 spiro atoms. The molecule has 0 nitrogen and oxygen atoms in total. The van der Waals surface area contributed by atoms with Gasteiger partial charge in [-0.05, 0) is 61.1 Å². The van der Waals surface area contributed by atoms with Crippen LogP contribution in [0.5, 0.6) is 0 Å². The van der Waals surface area contributed by atoms with Crippen molar-refractivity contribution in [3.63, 3.8) is 0 Å². The van der Waals surface area contributed by atoms with Gasteiger partial charge < -0.3 is 0 Å². The molecule has 0 atom stereocenters. The van der Waals surface area contributed by atoms with E-state index in [4.69, 9.17) is 0 Å². The van der Waals surface area contributed by atoms with E-state index in [0.29, 0.717) is 23.5 Å². The highest BCUT2D eigenvalue weighted by Gasteiger charge is 2.30. The molecule has 0 unspecified atom stereocenters. The number of hydrogen-bond acceptors (Lipinski definition) is 0. The van der Waals surface area contributed by atoms with Gasteiger partial charge in [-0.15, -0.1) is 0 Å². The van der Waals surface area contributed by atoms with Crippen molar-refractivity contribution in [3.05, 3.63) is 59.4 Å². The zero-order chi connectivity index (χ0) is 22.3. The van der Waals surface area contributed by atoms with Crippen LogP contribution in [0.4, 0.5) is 13.2 Å². The Hall–Kier alpha value is -1.77. The van der Waals surface area contributed by atoms with E-state index in [-0.39, 0.29) is 17.8 Å². The standard InChI is InChI=1S/C28H37F3/c1-3-5-7-8-21-9-11-22(12-10-21)24-15-18-26(27(29)20-24)23-13-16-25(17-14-23)28(30,31)19-6-4-2/h13-18,20-22H,3-12,19H2,1-2H3. The predicted molar refractivity (Wildman–Crippen MR) is 124 cm³/mol. The minimum absolute atomic E-state index is 0.0115. The van der Waals surface area contributed by atoms with Gasteiger partial charge in [-0.25, -0.2) is 13.2 Å². The fraction of sp³-hybridized carbons (Fsp3) is 0.571. The molecule has 1 aliphatic rings. The first-order chi connectivity index (χ1) is 14.9. The number of halogens is 3. The average Bonchev–Trinajstić information content (AvgIpc) is 2.78. The Bertz CT molecular complexity index is 802. The summed E-state index contributed by atoms with van der Waals surface area (Å²) in [6.07, 6.45) is 11.1. The summed E-state index contributed by atoms with van der Waals surface area (Å²) >= 11 is 0. The first-order valence-corrected chi connectivity index (χ1v) is 12.2. The van der Waals surface area contributed by atoms with Crippen LogP contribution in [-0.4, -0.2) is 0 Å². The van der Waals surface area contributed by atoms with Crippen molar-refractivity contribution in [1.82, 2.24) is 0 Å². The van der Waals surface area contributed by atoms with E-state index in [0.717, 1.165) is 30.7 Å². The fourth-order valence-corrected chi connectivity index (χ4v) is 4.92. The third kappa shape index (κ3) is 6.37. The Labute approximate surface area is 186 Å². The number of hydrogen-bond donors (Lipinski definition) is 0. The minimum atomic E-state index is -2.83. The number of benzene rings is 2. The molecule has 0 aliphatic heterocycles. The van der Waals surface area contributed by atoms with Crippen LogP contribution in [0.2, 0.25) is 0 Å². The van der Waals surface area contributed by atoms with Crippen LogP contribution in [-0.2, 0) is 5.92 Å². The van der Waals surface area contributed by atoms with Crippen LogP contribution >= 0.6 is 0 Å². The molecule has 31 heavy (non-hydrogen) atoms. The maximum Gasteiger partial charge on any atom is 0.273 e. The molecule has 0 N–H and O–H groups in total. The topological polar surface area (TPSA) is 0 Å². The van der Waals surface area contributed by atoms with Gasteiger partial charge in [0, 0.05) is 17.5 Å². The molecule has 1 aliphatic carbocycles. The van der Waals surface area contributed by atoms with Gasteiger partial charge in [0.25, 0.3) is 5.92 Å². The van der Waals surface area contributed by atoms with E-state index in [1.54, 1.807) is 18.2 Å². The summed E-state index contributed by atoms with van der Waals surface area (Å²) in [6.45, 7) is 4.15. The molecule has 0 bridgehead atoms. The van der Waals surface area contributed by atoms with Gasteiger partial charge in [0.15, 0.2) is 0 Å². The van der Waals surface area contributed by atoms with Gasteiger partial charge in [0.2, 0.25) is 0 Å². The van der Waals surface area contributed by atoms with E-state index in [1.165, 1.54) is 50.7 Å². The van der Waals surface area contributed by atoms with Crippen molar-refractivity contribution in [2.75, 3.05) is 0 Å². The molecule has 2 aromatic carbocycles. The van der Waals surface area contributed by atoms with Crippen LogP contribution in [0, 0.1) is 11.7 Å². The van der Waals surface area contributed by atoms with Gasteiger partial charge in [-0.3, -0.25) is 0 Å². The SMILES string of the molecule is CCCCCC1CCC(c2ccc(-c3ccc(C(F)(F)CCCC)cc3)c(F)c2)CC1. The maximum atomic E-state index is 14.9. The molecule has 2 aromatic rings. The molecule has 0 amide bonds. The van der Waals surface area contributed by atoms with E-state index in [1.807, 2.05) is 19.1 Å². The molecular formula is C28H37F3. The molecule has 3 rings (SSSR count). The van der Waals surface area contributed by atoms with Crippen molar-refractivity contribution >= 4 is 0 Å². The van der Waals surface area contributed by atoms with Gasteiger partial charge in [0.05, 0.1) is 0 Å². The van der Waals surface area contributed by atoms with Crippen LogP contribution < -0.4 is 0 Å². The highest BCUT2D eigenvalue weighted by Crippen LogP contribution is 2.39. The lowest BCUT2D eigenvalue weighted by atomic mass is 9.77. The Morgan fingerprint density at radius 2 is 1.52 bits per heavy atom. The van der Waals surface area contributed by atoms with Crippen molar-refractivity contribution in [1.29, 1.82) is 0 Å². The number of unbranched alkanes of at least 4 members (excludes halogenated alkanes) is 3. The zero-order valence-corrected chi connectivity index (χ0v) is 19.1. The Morgan fingerprint density at radius 1 is 0.839 bits per heavy atom. The summed E-state index contributed by atoms with van der Waals surface area (Å²) in [5.74, 6) is -1.81. The van der Waals surface area contributed by atoms with Crippen molar-refractivity contribution in [2.24, 2.45) is 5.92 Å². The first kappa shape index (κ1) is 23.9. The second-order valence-corrected chi connectivity index (χ2v) is 9.34. The third-order valence-corrected chi connectivity index (χ3v) is 6.99. The Morgan fingerprint density at radius 3 is 2.13 bits per heavy atom. The van der Waals surface area contributed by atoms with E-state index in [2.05, 4.69) is 6.92 Å². The summed E-state index contributed by atoms with van der Waals surface area (Å²) in [5, 5.41) is 0. The normalized spacial score (nSPS) is 19.5. The fourth-order valence-electron chi connectivity index (χ4n) is 4.92. The summed E-state index contributed by atoms with van der Waals surface area (Å²) < 4.78 is 43.4. The van der Waals surface area contributed by atoms with Crippen LogP contribution in [0.1, 0.15) is 102 Å². The van der Waals surface area contributed by atoms with Gasteiger partial charge in [-0.2, -0.15) is 0 Å². The van der Waals surface area contributed by atoms with E-state index in [9.17, 15) is 13.2 Å². The Kier molecular flexibility index (Phi) is 8.63. The molecule has 1 saturated carbocycles. The van der Waals surface area contributed by atoms with Crippen LogP contribution in [0.15, 0.2) is 42.5 Å². The molecule has 0 radical (unpaired) electrons. The van der Waals surface area contributed by atoms with E-state index < -0.39 is 5.92 Å².